The van der Waals surface area contributed by atoms with Gasteiger partial charge in [-0.2, -0.15) is 0 Å². The van der Waals surface area contributed by atoms with Gasteiger partial charge in [0.1, 0.15) is 0 Å². The van der Waals surface area contributed by atoms with E-state index >= 15 is 0 Å². The van der Waals surface area contributed by atoms with Crippen molar-refractivity contribution in [2.75, 3.05) is 0 Å². The molecule has 0 aromatic carbocycles. The van der Waals surface area contributed by atoms with Crippen molar-refractivity contribution >= 4 is 12.4 Å². The summed E-state index contributed by atoms with van der Waals surface area (Å²) in [5.41, 5.74) is 8.74. The second-order valence-electron chi connectivity index (χ2n) is 0.801. The van der Waals surface area contributed by atoms with E-state index in [1.54, 1.807) is 0 Å². The fourth-order valence-electron chi connectivity index (χ4n) is 0.107. The van der Waals surface area contributed by atoms with Gasteiger partial charge in [0.15, 0.2) is 0 Å². The number of hydrazine groups is 1. The molecule has 0 aliphatic carbocycles. The zero-order chi connectivity index (χ0) is 5.70. The summed E-state index contributed by atoms with van der Waals surface area (Å²) >= 11 is 0. The Balaban J connectivity index is 2.97. The van der Waals surface area contributed by atoms with Gasteiger partial charge in [0.05, 0.1) is 0 Å². The molecular weight excluding hydrogens is 96.0 g/mol. The van der Waals surface area contributed by atoms with Gasteiger partial charge in [-0.25, -0.2) is 0 Å². The Bertz CT molecular complexity index is 79.8. The number of amides is 1. The first-order valence-electron chi connectivity index (χ1n) is 1.56. The molecule has 0 radical (unpaired) electrons. The molecule has 0 unspecified atom stereocenters. The lowest BCUT2D eigenvalue weighted by Gasteiger charge is -1.95. The Labute approximate surface area is 40.4 Å². The summed E-state index contributed by atoms with van der Waals surface area (Å²) in [6.07, 6.45) is 0.390. The standard InChI is InChI=1S/C2H6N4O/c3-2(4)6-5-1-7/h1H,(H,5,7)(H4,3,4,6). The summed E-state index contributed by atoms with van der Waals surface area (Å²) < 4.78 is 0. The van der Waals surface area contributed by atoms with Crippen molar-refractivity contribution in [3.63, 3.8) is 0 Å². The minimum absolute atomic E-state index is 0.285. The fraction of sp³-hybridized carbons (Fsp3) is 0. The van der Waals surface area contributed by atoms with Crippen LogP contribution < -0.4 is 16.6 Å². The number of nitrogens with two attached hydrogens (primary N) is 1. The largest absolute Gasteiger partial charge is 0.369 e. The van der Waals surface area contributed by atoms with Crippen LogP contribution in [0.1, 0.15) is 0 Å². The third kappa shape index (κ3) is 4.74. The zero-order valence-corrected chi connectivity index (χ0v) is 3.56. The van der Waals surface area contributed by atoms with Crippen LogP contribution >= 0.6 is 0 Å². The Morgan fingerprint density at radius 3 is 2.57 bits per heavy atom. The van der Waals surface area contributed by atoms with Crippen molar-refractivity contribution in [2.24, 2.45) is 5.73 Å². The van der Waals surface area contributed by atoms with Gasteiger partial charge < -0.3 is 5.73 Å². The van der Waals surface area contributed by atoms with Gasteiger partial charge in [-0.05, 0) is 0 Å². The van der Waals surface area contributed by atoms with Gasteiger partial charge in [-0.15, -0.1) is 0 Å². The highest BCUT2D eigenvalue weighted by molar-refractivity contribution is 5.75. The maximum Gasteiger partial charge on any atom is 0.225 e. The third-order valence-electron chi connectivity index (χ3n) is 0.266. The number of rotatable bonds is 2. The van der Waals surface area contributed by atoms with E-state index in [0.717, 1.165) is 0 Å². The third-order valence-corrected chi connectivity index (χ3v) is 0.266. The number of hydrogen-bond donors (Lipinski definition) is 4. The van der Waals surface area contributed by atoms with Gasteiger partial charge in [0.2, 0.25) is 12.4 Å². The molecule has 7 heavy (non-hydrogen) atoms. The van der Waals surface area contributed by atoms with E-state index in [1.165, 1.54) is 0 Å². The number of hydrogen-bond acceptors (Lipinski definition) is 2. The fourth-order valence-corrected chi connectivity index (χ4v) is 0.107. The van der Waals surface area contributed by atoms with Gasteiger partial charge >= 0.3 is 0 Å². The molecule has 0 bridgehead atoms. The van der Waals surface area contributed by atoms with Crippen LogP contribution in [0.5, 0.6) is 0 Å². The first-order chi connectivity index (χ1) is 3.27. The van der Waals surface area contributed by atoms with E-state index in [1.807, 2.05) is 10.9 Å². The number of carbonyl (C=O) groups excluding carboxylic acids is 1. The molecule has 0 spiro atoms. The zero-order valence-electron chi connectivity index (χ0n) is 3.56. The molecule has 5 nitrogen and oxygen atoms in total. The molecule has 0 rings (SSSR count). The van der Waals surface area contributed by atoms with Crippen molar-refractivity contribution in [2.45, 2.75) is 0 Å². The Morgan fingerprint density at radius 2 is 2.43 bits per heavy atom. The topological polar surface area (TPSA) is 91.0 Å². The summed E-state index contributed by atoms with van der Waals surface area (Å²) in [7, 11) is 0. The Kier molecular flexibility index (Phi) is 2.42. The normalized spacial score (nSPS) is 6.86. The quantitative estimate of drug-likeness (QED) is 0.142. The van der Waals surface area contributed by atoms with Crippen LogP contribution in [0, 0.1) is 5.41 Å². The maximum atomic E-state index is 9.38. The first-order valence-corrected chi connectivity index (χ1v) is 1.56. The molecule has 5 heteroatoms. The first kappa shape index (κ1) is 5.74. The Morgan fingerprint density at radius 1 is 1.86 bits per heavy atom. The van der Waals surface area contributed by atoms with Gasteiger partial charge in [-0.3, -0.25) is 21.1 Å². The lowest BCUT2D eigenvalue weighted by molar-refractivity contribution is -0.110. The second kappa shape index (κ2) is 2.95. The van der Waals surface area contributed by atoms with Crippen molar-refractivity contribution in [1.29, 1.82) is 5.41 Å². The summed E-state index contributed by atoms with van der Waals surface area (Å²) in [5.74, 6) is -0.285. The number of nitrogens with one attached hydrogen (secondary N) is 3. The highest BCUT2D eigenvalue weighted by Crippen LogP contribution is 1.34. The molecule has 0 atom stereocenters. The summed E-state index contributed by atoms with van der Waals surface area (Å²) in [5, 5.41) is 6.44. The average Bonchev–Trinajstić information content (AvgIpc) is 1.61. The monoisotopic (exact) mass is 102 g/mol. The second-order valence-corrected chi connectivity index (χ2v) is 0.801. The lowest BCUT2D eigenvalue weighted by Crippen LogP contribution is -2.40. The summed E-state index contributed by atoms with van der Waals surface area (Å²) in [4.78, 5) is 9.38. The van der Waals surface area contributed by atoms with Gasteiger partial charge in [0.25, 0.3) is 0 Å². The summed E-state index contributed by atoms with van der Waals surface area (Å²) in [6.45, 7) is 0. The summed E-state index contributed by atoms with van der Waals surface area (Å²) in [6, 6.07) is 0. The van der Waals surface area contributed by atoms with Crippen LogP contribution in [0.4, 0.5) is 0 Å². The van der Waals surface area contributed by atoms with E-state index < -0.39 is 0 Å². The minimum Gasteiger partial charge on any atom is -0.369 e. The SMILES string of the molecule is N=C(N)NNC=O. The maximum absolute atomic E-state index is 9.38. The van der Waals surface area contributed by atoms with E-state index in [2.05, 4.69) is 0 Å². The van der Waals surface area contributed by atoms with E-state index in [4.69, 9.17) is 11.1 Å². The van der Waals surface area contributed by atoms with Crippen molar-refractivity contribution in [3.8, 4) is 0 Å². The molecule has 40 valence electrons. The molecule has 1 amide bonds. The van der Waals surface area contributed by atoms with E-state index in [0.29, 0.717) is 6.41 Å². The van der Waals surface area contributed by atoms with Crippen molar-refractivity contribution in [3.05, 3.63) is 0 Å². The number of guanidine groups is 1. The average molecular weight is 102 g/mol. The molecule has 0 aromatic rings. The molecular formula is C2H6N4O. The molecule has 0 aromatic heterocycles. The molecule has 5 N–H and O–H groups in total. The number of carbonyl (C=O) groups is 1. The minimum atomic E-state index is -0.285. The molecule has 0 aliphatic rings. The molecule has 0 saturated carbocycles. The van der Waals surface area contributed by atoms with Crippen molar-refractivity contribution < 1.29 is 4.79 Å². The molecule has 0 saturated heterocycles. The molecule has 0 aliphatic heterocycles. The highest BCUT2D eigenvalue weighted by atomic mass is 16.1. The van der Waals surface area contributed by atoms with Crippen molar-refractivity contribution in [1.82, 2.24) is 10.9 Å². The molecule has 0 heterocycles. The molecule has 0 fully saturated rings. The predicted octanol–water partition coefficient (Wildman–Crippen LogP) is -1.87. The van der Waals surface area contributed by atoms with Gasteiger partial charge in [-0.1, -0.05) is 0 Å². The van der Waals surface area contributed by atoms with E-state index in [-0.39, 0.29) is 5.96 Å². The van der Waals surface area contributed by atoms with Crippen LogP contribution in [0.2, 0.25) is 0 Å². The highest BCUT2D eigenvalue weighted by Gasteiger charge is 1.75. The Hall–Kier alpha value is -1.26. The van der Waals surface area contributed by atoms with Crippen LogP contribution in [0.15, 0.2) is 0 Å². The predicted molar refractivity (Wildman–Crippen MR) is 24.2 cm³/mol. The smallest absolute Gasteiger partial charge is 0.225 e. The van der Waals surface area contributed by atoms with Gasteiger partial charge in [0, 0.05) is 0 Å². The van der Waals surface area contributed by atoms with Crippen LogP contribution in [-0.4, -0.2) is 12.4 Å². The van der Waals surface area contributed by atoms with Crippen LogP contribution in [0.25, 0.3) is 0 Å². The van der Waals surface area contributed by atoms with Crippen LogP contribution in [0.3, 0.4) is 0 Å². The lowest BCUT2D eigenvalue weighted by atomic mass is 11.1. The van der Waals surface area contributed by atoms with E-state index in [9.17, 15) is 4.79 Å². The van der Waals surface area contributed by atoms with Crippen LogP contribution in [-0.2, 0) is 4.79 Å².